The van der Waals surface area contributed by atoms with E-state index in [2.05, 4.69) is 4.74 Å². The lowest BCUT2D eigenvalue weighted by Crippen LogP contribution is -2.17. The monoisotopic (exact) mass is 382 g/mol. The number of ether oxygens (including phenoxy) is 1. The molecule has 2 aromatic carbocycles. The number of carbonyl (C=O) groups is 1. The van der Waals surface area contributed by atoms with Crippen LogP contribution in [0.15, 0.2) is 45.6 Å². The van der Waals surface area contributed by atoms with Gasteiger partial charge in [0.1, 0.15) is 17.1 Å². The van der Waals surface area contributed by atoms with E-state index in [1.165, 1.54) is 0 Å². The van der Waals surface area contributed by atoms with Gasteiger partial charge in [-0.1, -0.05) is 6.07 Å². The Bertz CT molecular complexity index is 1120. The molecular weight excluding hydrogens is 372 g/mol. The zero-order valence-electron chi connectivity index (χ0n) is 13.6. The number of alkyl halides is 3. The van der Waals surface area contributed by atoms with Gasteiger partial charge >= 0.3 is 12.1 Å². The second-order valence-electron chi connectivity index (χ2n) is 5.50. The fraction of sp³-hybridized carbons (Fsp3) is 0.111. The quantitative estimate of drug-likeness (QED) is 0.533. The van der Waals surface area contributed by atoms with Gasteiger partial charge in [0, 0.05) is 11.6 Å². The zero-order chi connectivity index (χ0) is 19.9. The van der Waals surface area contributed by atoms with Crippen molar-refractivity contribution in [3.63, 3.8) is 0 Å². The number of carbonyl (C=O) groups excluding carboxylic acids is 1. The van der Waals surface area contributed by atoms with Crippen LogP contribution in [0.5, 0.6) is 5.75 Å². The van der Waals surface area contributed by atoms with Gasteiger partial charge in [-0.3, -0.25) is 4.79 Å². The first-order chi connectivity index (χ1) is 12.6. The summed E-state index contributed by atoms with van der Waals surface area (Å²) in [5.41, 5.74) is -3.58. The number of rotatable bonds is 2. The number of hydrogen-bond donors (Lipinski definition) is 1. The number of phenolic OH excluding ortho intramolecular Hbond substituents is 1. The number of aromatic hydroxyl groups is 1. The third-order valence-corrected chi connectivity index (χ3v) is 3.79. The van der Waals surface area contributed by atoms with Crippen LogP contribution in [0.3, 0.4) is 0 Å². The molecule has 1 aromatic heterocycles. The average molecular weight is 382 g/mol. The minimum atomic E-state index is -5.11. The number of hydrogen-bond acceptors (Lipinski definition) is 5. The molecule has 0 aliphatic carbocycles. The van der Waals surface area contributed by atoms with Crippen LogP contribution in [0.25, 0.3) is 22.1 Å². The maximum absolute atomic E-state index is 14.4. The molecule has 9 heteroatoms. The molecule has 0 aliphatic rings. The van der Waals surface area contributed by atoms with Crippen molar-refractivity contribution in [3.8, 4) is 16.9 Å². The Hall–Kier alpha value is -3.36. The predicted molar refractivity (Wildman–Crippen MR) is 85.9 cm³/mol. The number of methoxy groups -OCH3 is 1. The SMILES string of the molecule is COC(=O)c1ccc(-c2c(C(F)(F)F)oc3cc(O)ccc3c2=O)c(F)c1. The van der Waals surface area contributed by atoms with E-state index < -0.39 is 51.6 Å². The number of esters is 1. The number of halogens is 4. The Kier molecular flexibility index (Phi) is 4.38. The van der Waals surface area contributed by atoms with Crippen molar-refractivity contribution >= 4 is 16.9 Å². The van der Waals surface area contributed by atoms with Crippen molar-refractivity contribution in [2.24, 2.45) is 0 Å². The van der Waals surface area contributed by atoms with Gasteiger partial charge in [-0.05, 0) is 24.3 Å². The van der Waals surface area contributed by atoms with Gasteiger partial charge < -0.3 is 14.3 Å². The van der Waals surface area contributed by atoms with Gasteiger partial charge in [-0.2, -0.15) is 13.2 Å². The van der Waals surface area contributed by atoms with Crippen molar-refractivity contribution in [2.45, 2.75) is 6.18 Å². The summed E-state index contributed by atoms with van der Waals surface area (Å²) in [5.74, 6) is -4.23. The van der Waals surface area contributed by atoms with Crippen LogP contribution in [0.1, 0.15) is 16.1 Å². The van der Waals surface area contributed by atoms with Crippen LogP contribution in [0, 0.1) is 5.82 Å². The van der Waals surface area contributed by atoms with Crippen molar-refractivity contribution < 1.29 is 36.6 Å². The molecule has 3 aromatic rings. The molecule has 140 valence electrons. The minimum Gasteiger partial charge on any atom is -0.508 e. The molecule has 1 N–H and O–H groups in total. The first kappa shape index (κ1) is 18.4. The van der Waals surface area contributed by atoms with Crippen molar-refractivity contribution in [3.05, 3.63) is 63.8 Å². The maximum Gasteiger partial charge on any atom is 0.450 e. The summed E-state index contributed by atoms with van der Waals surface area (Å²) >= 11 is 0. The third kappa shape index (κ3) is 3.23. The molecule has 0 fully saturated rings. The molecule has 0 unspecified atom stereocenters. The summed E-state index contributed by atoms with van der Waals surface area (Å²) in [6.45, 7) is 0. The molecule has 5 nitrogen and oxygen atoms in total. The molecule has 0 amide bonds. The summed E-state index contributed by atoms with van der Waals surface area (Å²) in [6, 6.07) is 5.59. The second kappa shape index (κ2) is 6.42. The highest BCUT2D eigenvalue weighted by atomic mass is 19.4. The average Bonchev–Trinajstić information content (AvgIpc) is 2.60. The van der Waals surface area contributed by atoms with E-state index in [1.807, 2.05) is 0 Å². The molecule has 27 heavy (non-hydrogen) atoms. The van der Waals surface area contributed by atoms with Crippen molar-refractivity contribution in [1.82, 2.24) is 0 Å². The fourth-order valence-corrected chi connectivity index (χ4v) is 2.59. The van der Waals surface area contributed by atoms with E-state index >= 15 is 0 Å². The Balaban J connectivity index is 2.37. The standard InChI is InChI=1S/C18H10F4O5/c1-26-17(25)8-2-4-10(12(19)6-8)14-15(24)11-5-3-9(23)7-13(11)27-16(14)18(20,21)22/h2-7,23H,1H3. The normalized spacial score (nSPS) is 11.6. The van der Waals surface area contributed by atoms with Crippen molar-refractivity contribution in [2.75, 3.05) is 7.11 Å². The molecular formula is C18H10F4O5. The molecule has 3 rings (SSSR count). The smallest absolute Gasteiger partial charge is 0.450 e. The number of phenols is 1. The Labute approximate surface area is 148 Å². The highest BCUT2D eigenvalue weighted by Gasteiger charge is 2.40. The highest BCUT2D eigenvalue weighted by Crippen LogP contribution is 2.38. The van der Waals surface area contributed by atoms with E-state index in [0.717, 1.165) is 37.4 Å². The summed E-state index contributed by atoms with van der Waals surface area (Å²) in [4.78, 5) is 24.1. The van der Waals surface area contributed by atoms with Gasteiger partial charge in [0.2, 0.25) is 11.2 Å². The van der Waals surface area contributed by atoms with Crippen molar-refractivity contribution in [1.29, 1.82) is 0 Å². The Morgan fingerprint density at radius 3 is 2.44 bits per heavy atom. The van der Waals surface area contributed by atoms with Gasteiger partial charge in [-0.15, -0.1) is 0 Å². The van der Waals surface area contributed by atoms with E-state index in [9.17, 15) is 32.3 Å². The first-order valence-corrected chi connectivity index (χ1v) is 7.38. The topological polar surface area (TPSA) is 76.7 Å². The molecule has 0 bridgehead atoms. The summed E-state index contributed by atoms with van der Waals surface area (Å²) in [5, 5.41) is 9.13. The van der Waals surface area contributed by atoms with Crippen LogP contribution in [0.4, 0.5) is 17.6 Å². The van der Waals surface area contributed by atoms with Gasteiger partial charge in [0.05, 0.1) is 23.6 Å². The summed E-state index contributed by atoms with van der Waals surface area (Å²) in [6.07, 6.45) is -5.11. The molecule has 0 saturated heterocycles. The predicted octanol–water partition coefficient (Wildman–Crippen LogP) is 4.11. The van der Waals surface area contributed by atoms with E-state index in [-0.39, 0.29) is 10.9 Å². The van der Waals surface area contributed by atoms with Gasteiger partial charge in [0.25, 0.3) is 0 Å². The third-order valence-electron chi connectivity index (χ3n) is 3.79. The van der Waals surface area contributed by atoms with Gasteiger partial charge in [-0.25, -0.2) is 9.18 Å². The molecule has 0 spiro atoms. The van der Waals surface area contributed by atoms with Crippen LogP contribution in [-0.4, -0.2) is 18.2 Å². The molecule has 0 atom stereocenters. The van der Waals surface area contributed by atoms with E-state index in [0.29, 0.717) is 6.07 Å². The maximum atomic E-state index is 14.4. The lowest BCUT2D eigenvalue weighted by atomic mass is 9.99. The lowest BCUT2D eigenvalue weighted by Gasteiger charge is -2.13. The van der Waals surface area contributed by atoms with Crippen LogP contribution >= 0.6 is 0 Å². The summed E-state index contributed by atoms with van der Waals surface area (Å²) in [7, 11) is 1.06. The first-order valence-electron chi connectivity index (χ1n) is 7.38. The Morgan fingerprint density at radius 2 is 1.85 bits per heavy atom. The fourth-order valence-electron chi connectivity index (χ4n) is 2.59. The van der Waals surface area contributed by atoms with E-state index in [4.69, 9.17) is 4.42 Å². The minimum absolute atomic E-state index is 0.234. The summed E-state index contributed by atoms with van der Waals surface area (Å²) < 4.78 is 64.0. The molecule has 1 heterocycles. The molecule has 0 radical (unpaired) electrons. The number of benzene rings is 2. The van der Waals surface area contributed by atoms with Crippen LogP contribution < -0.4 is 5.43 Å². The largest absolute Gasteiger partial charge is 0.508 e. The van der Waals surface area contributed by atoms with Crippen LogP contribution in [-0.2, 0) is 10.9 Å². The second-order valence-corrected chi connectivity index (χ2v) is 5.50. The molecule has 0 saturated carbocycles. The zero-order valence-corrected chi connectivity index (χ0v) is 13.6. The Morgan fingerprint density at radius 1 is 1.15 bits per heavy atom. The highest BCUT2D eigenvalue weighted by molar-refractivity contribution is 5.90. The van der Waals surface area contributed by atoms with Gasteiger partial charge in [0.15, 0.2) is 0 Å². The lowest BCUT2D eigenvalue weighted by molar-refractivity contribution is -0.152. The number of fused-ring (bicyclic) bond motifs is 1. The van der Waals surface area contributed by atoms with E-state index in [1.54, 1.807) is 0 Å². The van der Waals surface area contributed by atoms with Crippen LogP contribution in [0.2, 0.25) is 0 Å². The molecule has 0 aliphatic heterocycles.